The average molecular weight is 315 g/mol. The summed E-state index contributed by atoms with van der Waals surface area (Å²) >= 11 is 3.40. The molecule has 100 valence electrons. The number of hydrogen-bond donors (Lipinski definition) is 0. The van der Waals surface area contributed by atoms with Gasteiger partial charge in [-0.25, -0.2) is 0 Å². The minimum absolute atomic E-state index is 0.0203. The number of rotatable bonds is 7. The Hall–Kier alpha value is -1.10. The van der Waals surface area contributed by atoms with E-state index in [4.69, 9.17) is 4.74 Å². The number of ether oxygens (including phenoxy) is 1. The molecule has 1 aromatic heterocycles. The fourth-order valence-corrected chi connectivity index (χ4v) is 2.04. The van der Waals surface area contributed by atoms with Crippen molar-refractivity contribution in [3.63, 3.8) is 0 Å². The number of amides is 1. The summed E-state index contributed by atoms with van der Waals surface area (Å²) in [7, 11) is 3.36. The molecule has 1 amide bonds. The lowest BCUT2D eigenvalue weighted by Crippen LogP contribution is -2.28. The van der Waals surface area contributed by atoms with Crippen molar-refractivity contribution in [3.8, 4) is 5.75 Å². The molecule has 5 heteroatoms. The maximum atomic E-state index is 12.2. The molecule has 0 atom stereocenters. The van der Waals surface area contributed by atoms with Crippen LogP contribution >= 0.6 is 15.9 Å². The van der Waals surface area contributed by atoms with Gasteiger partial charge in [-0.2, -0.15) is 0 Å². The van der Waals surface area contributed by atoms with Crippen molar-refractivity contribution >= 4 is 21.8 Å². The van der Waals surface area contributed by atoms with Gasteiger partial charge in [-0.1, -0.05) is 22.4 Å². The van der Waals surface area contributed by atoms with Gasteiger partial charge in [-0.15, -0.1) is 0 Å². The van der Waals surface area contributed by atoms with Gasteiger partial charge in [0, 0.05) is 25.1 Å². The maximum absolute atomic E-state index is 12.2. The van der Waals surface area contributed by atoms with Gasteiger partial charge in [0.1, 0.15) is 5.75 Å². The zero-order chi connectivity index (χ0) is 13.4. The SMILES string of the molecule is COc1cnccc1C(=O)N(C)CCCCCBr. The number of hydrogen-bond acceptors (Lipinski definition) is 3. The zero-order valence-corrected chi connectivity index (χ0v) is 12.4. The Labute approximate surface area is 116 Å². The van der Waals surface area contributed by atoms with E-state index in [-0.39, 0.29) is 5.91 Å². The molecule has 0 spiro atoms. The largest absolute Gasteiger partial charge is 0.494 e. The molecule has 0 saturated heterocycles. The molecule has 0 saturated carbocycles. The molecule has 0 aliphatic carbocycles. The van der Waals surface area contributed by atoms with Gasteiger partial charge in [-0.05, 0) is 18.9 Å². The van der Waals surface area contributed by atoms with E-state index < -0.39 is 0 Å². The van der Waals surface area contributed by atoms with Crippen molar-refractivity contribution in [3.05, 3.63) is 24.0 Å². The second-order valence-electron chi connectivity index (χ2n) is 4.05. The van der Waals surface area contributed by atoms with Gasteiger partial charge in [0.2, 0.25) is 0 Å². The van der Waals surface area contributed by atoms with Gasteiger partial charge >= 0.3 is 0 Å². The number of pyridine rings is 1. The Bertz CT molecular complexity index is 385. The van der Waals surface area contributed by atoms with Crippen LogP contribution in [-0.2, 0) is 0 Å². The zero-order valence-electron chi connectivity index (χ0n) is 10.9. The van der Waals surface area contributed by atoms with Crippen LogP contribution in [0.15, 0.2) is 18.5 Å². The van der Waals surface area contributed by atoms with E-state index in [1.807, 2.05) is 7.05 Å². The Balaban J connectivity index is 2.57. The van der Waals surface area contributed by atoms with Crippen molar-refractivity contribution < 1.29 is 9.53 Å². The first-order valence-electron chi connectivity index (χ1n) is 6.00. The second-order valence-corrected chi connectivity index (χ2v) is 4.85. The molecule has 0 N–H and O–H groups in total. The van der Waals surface area contributed by atoms with Gasteiger partial charge in [0.05, 0.1) is 18.9 Å². The average Bonchev–Trinajstić information content (AvgIpc) is 2.42. The topological polar surface area (TPSA) is 42.4 Å². The molecule has 1 heterocycles. The lowest BCUT2D eigenvalue weighted by atomic mass is 10.2. The van der Waals surface area contributed by atoms with Crippen LogP contribution in [0.3, 0.4) is 0 Å². The highest BCUT2D eigenvalue weighted by atomic mass is 79.9. The standard InChI is InChI=1S/C13H19BrN2O2/c1-16(9-5-3-4-7-14)13(17)11-6-8-15-10-12(11)18-2/h6,8,10H,3-5,7,9H2,1-2H3. The second kappa shape index (κ2) is 8.08. The fourth-order valence-electron chi connectivity index (χ4n) is 1.65. The van der Waals surface area contributed by atoms with Gasteiger partial charge in [-0.3, -0.25) is 9.78 Å². The molecule has 0 aliphatic rings. The first-order valence-corrected chi connectivity index (χ1v) is 7.12. The molecule has 0 aromatic carbocycles. The highest BCUT2D eigenvalue weighted by Crippen LogP contribution is 2.17. The number of unbranched alkanes of at least 4 members (excludes halogenated alkanes) is 2. The summed E-state index contributed by atoms with van der Waals surface area (Å²) in [6.45, 7) is 0.761. The van der Waals surface area contributed by atoms with Crippen LogP contribution in [-0.4, -0.2) is 41.8 Å². The number of halogens is 1. The summed E-state index contributed by atoms with van der Waals surface area (Å²) in [5.41, 5.74) is 0.565. The lowest BCUT2D eigenvalue weighted by molar-refractivity contribution is 0.0789. The first-order chi connectivity index (χ1) is 8.70. The molecule has 0 unspecified atom stereocenters. The summed E-state index contributed by atoms with van der Waals surface area (Å²) < 4.78 is 5.14. The summed E-state index contributed by atoms with van der Waals surface area (Å²) in [5.74, 6) is 0.503. The number of carbonyl (C=O) groups excluding carboxylic acids is 1. The normalized spacial score (nSPS) is 10.2. The number of carbonyl (C=O) groups is 1. The highest BCUT2D eigenvalue weighted by molar-refractivity contribution is 9.09. The Morgan fingerprint density at radius 2 is 2.22 bits per heavy atom. The lowest BCUT2D eigenvalue weighted by Gasteiger charge is -2.18. The van der Waals surface area contributed by atoms with Crippen LogP contribution in [0.4, 0.5) is 0 Å². The highest BCUT2D eigenvalue weighted by Gasteiger charge is 2.15. The number of aromatic nitrogens is 1. The number of methoxy groups -OCH3 is 1. The van der Waals surface area contributed by atoms with Crippen molar-refractivity contribution in [2.75, 3.05) is 26.0 Å². The van der Waals surface area contributed by atoms with E-state index in [1.54, 1.807) is 30.5 Å². The van der Waals surface area contributed by atoms with E-state index in [0.717, 1.165) is 31.1 Å². The minimum Gasteiger partial charge on any atom is -0.494 e. The van der Waals surface area contributed by atoms with E-state index in [1.165, 1.54) is 0 Å². The summed E-state index contributed by atoms with van der Waals surface area (Å²) in [5, 5.41) is 1.02. The molecule has 0 bridgehead atoms. The molecular weight excluding hydrogens is 296 g/mol. The molecule has 1 aromatic rings. The van der Waals surface area contributed by atoms with Gasteiger partial charge in [0.15, 0.2) is 0 Å². The number of alkyl halides is 1. The number of nitrogens with zero attached hydrogens (tertiary/aromatic N) is 2. The Morgan fingerprint density at radius 3 is 2.89 bits per heavy atom. The molecule has 0 radical (unpaired) electrons. The Kier molecular flexibility index (Phi) is 6.72. The van der Waals surface area contributed by atoms with Crippen LogP contribution in [0.2, 0.25) is 0 Å². The van der Waals surface area contributed by atoms with Crippen LogP contribution in [0, 0.1) is 0 Å². The minimum atomic E-state index is -0.0203. The van der Waals surface area contributed by atoms with Gasteiger partial charge < -0.3 is 9.64 Å². The molecular formula is C13H19BrN2O2. The van der Waals surface area contributed by atoms with E-state index in [2.05, 4.69) is 20.9 Å². The molecule has 1 rings (SSSR count). The van der Waals surface area contributed by atoms with E-state index >= 15 is 0 Å². The van der Waals surface area contributed by atoms with E-state index in [9.17, 15) is 4.79 Å². The third-order valence-corrected chi connectivity index (χ3v) is 3.27. The molecule has 0 aliphatic heterocycles. The Morgan fingerprint density at radius 1 is 1.44 bits per heavy atom. The summed E-state index contributed by atoms with van der Waals surface area (Å²) in [4.78, 5) is 17.9. The quantitative estimate of drug-likeness (QED) is 0.574. The monoisotopic (exact) mass is 314 g/mol. The predicted octanol–water partition coefficient (Wildman–Crippen LogP) is 2.73. The first kappa shape index (κ1) is 15.0. The van der Waals surface area contributed by atoms with E-state index in [0.29, 0.717) is 11.3 Å². The van der Waals surface area contributed by atoms with Crippen molar-refractivity contribution in [1.82, 2.24) is 9.88 Å². The van der Waals surface area contributed by atoms with Crippen molar-refractivity contribution in [2.24, 2.45) is 0 Å². The van der Waals surface area contributed by atoms with Crippen molar-refractivity contribution in [2.45, 2.75) is 19.3 Å². The molecule has 0 fully saturated rings. The summed E-state index contributed by atoms with van der Waals surface area (Å²) in [6.07, 6.45) is 6.44. The van der Waals surface area contributed by atoms with Crippen LogP contribution < -0.4 is 4.74 Å². The maximum Gasteiger partial charge on any atom is 0.257 e. The molecule has 18 heavy (non-hydrogen) atoms. The predicted molar refractivity (Wildman–Crippen MR) is 75.4 cm³/mol. The van der Waals surface area contributed by atoms with Crippen LogP contribution in [0.25, 0.3) is 0 Å². The smallest absolute Gasteiger partial charge is 0.257 e. The third kappa shape index (κ3) is 4.29. The van der Waals surface area contributed by atoms with Gasteiger partial charge in [0.25, 0.3) is 5.91 Å². The van der Waals surface area contributed by atoms with Crippen LogP contribution in [0.5, 0.6) is 5.75 Å². The summed E-state index contributed by atoms with van der Waals surface area (Å²) in [6, 6.07) is 1.69. The third-order valence-electron chi connectivity index (χ3n) is 2.71. The fraction of sp³-hybridized carbons (Fsp3) is 0.538. The van der Waals surface area contributed by atoms with Crippen LogP contribution in [0.1, 0.15) is 29.6 Å². The molecule has 4 nitrogen and oxygen atoms in total. The van der Waals surface area contributed by atoms with Crippen molar-refractivity contribution in [1.29, 1.82) is 0 Å².